The molecule has 1 amide bonds. The van der Waals surface area contributed by atoms with Gasteiger partial charge < -0.3 is 15.5 Å². The molecule has 3 rings (SSSR count). The molecule has 0 saturated carbocycles. The lowest BCUT2D eigenvalue weighted by molar-refractivity contribution is -0.123. The summed E-state index contributed by atoms with van der Waals surface area (Å²) >= 11 is 1.59. The highest BCUT2D eigenvalue weighted by Gasteiger charge is 2.19. The van der Waals surface area contributed by atoms with Gasteiger partial charge in [-0.2, -0.15) is 0 Å². The highest BCUT2D eigenvalue weighted by molar-refractivity contribution is 7.21. The van der Waals surface area contributed by atoms with Crippen LogP contribution >= 0.6 is 23.7 Å². The molecule has 0 aliphatic rings. The van der Waals surface area contributed by atoms with Gasteiger partial charge in [-0.3, -0.25) is 4.79 Å². The number of furan rings is 1. The molecule has 1 aromatic carbocycles. The van der Waals surface area contributed by atoms with Crippen LogP contribution in [0.15, 0.2) is 40.8 Å². The summed E-state index contributed by atoms with van der Waals surface area (Å²) in [6.07, 6.45) is 0.872. The van der Waals surface area contributed by atoms with Gasteiger partial charge in [0.2, 0.25) is 5.91 Å². The Hall–Kier alpha value is -1.89. The van der Waals surface area contributed by atoms with E-state index in [0.29, 0.717) is 18.1 Å². The smallest absolute Gasteiger partial charge is 0.237 e. The second-order valence-electron chi connectivity index (χ2n) is 5.88. The minimum absolute atomic E-state index is 0. The number of hydrogen-bond acceptors (Lipinski definition) is 5. The third-order valence-corrected chi connectivity index (χ3v) is 5.21. The molecule has 2 heterocycles. The first kappa shape index (κ1) is 19.4. The van der Waals surface area contributed by atoms with E-state index in [9.17, 15) is 4.79 Å². The molecule has 5 nitrogen and oxygen atoms in total. The average molecular weight is 380 g/mol. The van der Waals surface area contributed by atoms with Crippen LogP contribution in [0.2, 0.25) is 0 Å². The topological polar surface area (TPSA) is 81.2 Å². The van der Waals surface area contributed by atoms with E-state index < -0.39 is 6.04 Å². The van der Waals surface area contributed by atoms with Gasteiger partial charge in [-0.15, -0.1) is 23.7 Å². The molecular formula is C18H22ClN3O2S. The van der Waals surface area contributed by atoms with Crippen LogP contribution in [0.5, 0.6) is 0 Å². The van der Waals surface area contributed by atoms with E-state index in [1.165, 1.54) is 0 Å². The second kappa shape index (κ2) is 8.47. The summed E-state index contributed by atoms with van der Waals surface area (Å²) in [6, 6.07) is 11.2. The maximum Gasteiger partial charge on any atom is 0.237 e. The molecule has 3 aromatic rings. The van der Waals surface area contributed by atoms with Crippen LogP contribution in [0, 0.1) is 5.92 Å². The van der Waals surface area contributed by atoms with Crippen LogP contribution < -0.4 is 11.1 Å². The van der Waals surface area contributed by atoms with E-state index >= 15 is 0 Å². The first-order valence-corrected chi connectivity index (χ1v) is 8.88. The van der Waals surface area contributed by atoms with Crippen LogP contribution in [0.4, 0.5) is 0 Å². The standard InChI is InChI=1S/C18H21N3O2S.ClH/c1-3-11(2)16(19)17(22)20-10-12-8-9-14(23-12)18-21-13-6-4-5-7-15(13)24-18;/h4-9,11,16H,3,10,19H2,1-2H3,(H,20,22);1H. The molecule has 0 saturated heterocycles. The van der Waals surface area contributed by atoms with Gasteiger partial charge in [0.05, 0.1) is 22.8 Å². The number of aromatic nitrogens is 1. The number of nitrogens with zero attached hydrogens (tertiary/aromatic N) is 1. The molecule has 0 spiro atoms. The van der Waals surface area contributed by atoms with Gasteiger partial charge >= 0.3 is 0 Å². The minimum atomic E-state index is -0.492. The van der Waals surface area contributed by atoms with Crippen LogP contribution in [-0.4, -0.2) is 16.9 Å². The highest BCUT2D eigenvalue weighted by Crippen LogP contribution is 2.31. The van der Waals surface area contributed by atoms with Gasteiger partial charge in [-0.05, 0) is 30.2 Å². The van der Waals surface area contributed by atoms with Crippen molar-refractivity contribution in [2.24, 2.45) is 11.7 Å². The Morgan fingerprint density at radius 1 is 1.32 bits per heavy atom. The van der Waals surface area contributed by atoms with E-state index in [1.807, 2.05) is 50.2 Å². The van der Waals surface area contributed by atoms with E-state index in [4.69, 9.17) is 10.2 Å². The molecule has 2 atom stereocenters. The van der Waals surface area contributed by atoms with Crippen LogP contribution in [0.25, 0.3) is 21.0 Å². The number of hydrogen-bond donors (Lipinski definition) is 2. The fourth-order valence-electron chi connectivity index (χ4n) is 2.37. The van der Waals surface area contributed by atoms with E-state index in [0.717, 1.165) is 21.6 Å². The number of halogens is 1. The number of benzene rings is 1. The predicted octanol–water partition coefficient (Wildman–Crippen LogP) is 3.97. The third kappa shape index (κ3) is 4.39. The summed E-state index contributed by atoms with van der Waals surface area (Å²) in [5.74, 6) is 1.41. The maximum absolute atomic E-state index is 12.0. The van der Waals surface area contributed by atoms with E-state index in [2.05, 4.69) is 10.3 Å². The summed E-state index contributed by atoms with van der Waals surface area (Å²) in [7, 11) is 0. The largest absolute Gasteiger partial charge is 0.457 e. The zero-order valence-corrected chi connectivity index (χ0v) is 15.8. The summed E-state index contributed by atoms with van der Waals surface area (Å²) in [5.41, 5.74) is 6.89. The first-order chi connectivity index (χ1) is 11.6. The quantitative estimate of drug-likeness (QED) is 0.679. The Kier molecular flexibility index (Phi) is 6.58. The lowest BCUT2D eigenvalue weighted by Crippen LogP contribution is -2.44. The van der Waals surface area contributed by atoms with Gasteiger partial charge in [-0.25, -0.2) is 4.98 Å². The van der Waals surface area contributed by atoms with Crippen molar-refractivity contribution < 1.29 is 9.21 Å². The van der Waals surface area contributed by atoms with E-state index in [-0.39, 0.29) is 24.2 Å². The first-order valence-electron chi connectivity index (χ1n) is 8.06. The number of nitrogens with two attached hydrogens (primary N) is 1. The fourth-order valence-corrected chi connectivity index (χ4v) is 3.30. The Labute approximate surface area is 157 Å². The molecule has 0 bridgehead atoms. The van der Waals surface area contributed by atoms with Crippen molar-refractivity contribution in [1.29, 1.82) is 0 Å². The zero-order chi connectivity index (χ0) is 17.1. The molecule has 7 heteroatoms. The molecule has 0 aliphatic heterocycles. The lowest BCUT2D eigenvalue weighted by Gasteiger charge is -2.17. The molecule has 25 heavy (non-hydrogen) atoms. The molecule has 134 valence electrons. The summed E-state index contributed by atoms with van der Waals surface area (Å²) < 4.78 is 6.93. The van der Waals surface area contributed by atoms with Gasteiger partial charge in [0.25, 0.3) is 0 Å². The lowest BCUT2D eigenvalue weighted by atomic mass is 9.99. The Morgan fingerprint density at radius 2 is 2.08 bits per heavy atom. The van der Waals surface area contributed by atoms with Crippen molar-refractivity contribution in [2.45, 2.75) is 32.9 Å². The van der Waals surface area contributed by atoms with Crippen LogP contribution in [0.1, 0.15) is 26.0 Å². The summed E-state index contributed by atoms with van der Waals surface area (Å²) in [6.45, 7) is 4.32. The number of para-hydroxylation sites is 1. The monoisotopic (exact) mass is 379 g/mol. The number of thiazole rings is 1. The SMILES string of the molecule is CCC(C)C(N)C(=O)NCc1ccc(-c2nc3ccccc3s2)o1.Cl. The van der Waals surface area contributed by atoms with Crippen molar-refractivity contribution in [3.8, 4) is 10.8 Å². The molecule has 0 fully saturated rings. The molecule has 0 aliphatic carbocycles. The Balaban J connectivity index is 0.00000225. The number of carbonyl (C=O) groups is 1. The third-order valence-electron chi connectivity index (χ3n) is 4.16. The average Bonchev–Trinajstić information content (AvgIpc) is 3.24. The molecule has 2 aromatic heterocycles. The van der Waals surface area contributed by atoms with E-state index in [1.54, 1.807) is 11.3 Å². The maximum atomic E-state index is 12.0. The number of nitrogens with one attached hydrogen (secondary N) is 1. The van der Waals surface area contributed by atoms with Crippen molar-refractivity contribution in [3.63, 3.8) is 0 Å². The van der Waals surface area contributed by atoms with Crippen molar-refractivity contribution in [1.82, 2.24) is 10.3 Å². The minimum Gasteiger partial charge on any atom is -0.457 e. The fraction of sp³-hybridized carbons (Fsp3) is 0.333. The summed E-state index contributed by atoms with van der Waals surface area (Å²) in [5, 5.41) is 3.67. The van der Waals surface area contributed by atoms with Gasteiger partial charge in [0, 0.05) is 0 Å². The van der Waals surface area contributed by atoms with Crippen molar-refractivity contribution >= 4 is 39.9 Å². The summed E-state index contributed by atoms with van der Waals surface area (Å²) in [4.78, 5) is 16.6. The molecule has 2 unspecified atom stereocenters. The van der Waals surface area contributed by atoms with Crippen LogP contribution in [-0.2, 0) is 11.3 Å². The predicted molar refractivity (Wildman–Crippen MR) is 104 cm³/mol. The zero-order valence-electron chi connectivity index (χ0n) is 14.2. The second-order valence-corrected chi connectivity index (χ2v) is 6.91. The Morgan fingerprint density at radius 3 is 2.80 bits per heavy atom. The molecular weight excluding hydrogens is 358 g/mol. The highest BCUT2D eigenvalue weighted by atomic mass is 35.5. The number of amides is 1. The van der Waals surface area contributed by atoms with Gasteiger partial charge in [-0.1, -0.05) is 32.4 Å². The molecule has 3 N–H and O–H groups in total. The van der Waals surface area contributed by atoms with Crippen molar-refractivity contribution in [3.05, 3.63) is 42.2 Å². The number of carbonyl (C=O) groups excluding carboxylic acids is 1. The van der Waals surface area contributed by atoms with Crippen molar-refractivity contribution in [2.75, 3.05) is 0 Å². The number of fused-ring (bicyclic) bond motifs is 1. The Bertz CT molecular complexity index is 813. The molecule has 0 radical (unpaired) electrons. The number of rotatable bonds is 6. The van der Waals surface area contributed by atoms with Gasteiger partial charge in [0.1, 0.15) is 5.76 Å². The normalized spacial score (nSPS) is 13.2. The van der Waals surface area contributed by atoms with Crippen LogP contribution in [0.3, 0.4) is 0 Å². The van der Waals surface area contributed by atoms with Gasteiger partial charge in [0.15, 0.2) is 10.8 Å².